The number of aryl methyl sites for hydroxylation is 1. The lowest BCUT2D eigenvalue weighted by molar-refractivity contribution is -0.479. The van der Waals surface area contributed by atoms with Gasteiger partial charge in [0.15, 0.2) is 5.16 Å². The number of nitrogens with zero attached hydrogens (tertiary/aromatic N) is 5. The Morgan fingerprint density at radius 3 is 2.47 bits per heavy atom. The molecule has 0 saturated heterocycles. The molecule has 1 heterocycles. The second kappa shape index (κ2) is 12.0. The fourth-order valence-corrected chi connectivity index (χ4v) is 5.35. The van der Waals surface area contributed by atoms with E-state index in [2.05, 4.69) is 26.1 Å². The number of nitro benzene ring substituents is 1. The molecule has 196 valence electrons. The molecule has 0 aliphatic rings. The minimum Gasteiger partial charge on any atom is -0.497 e. The van der Waals surface area contributed by atoms with Crippen molar-refractivity contribution in [3.05, 3.63) is 108 Å². The Kier molecular flexibility index (Phi) is 8.59. The summed E-state index contributed by atoms with van der Waals surface area (Å²) >= 11 is 4.73. The molecule has 11 nitrogen and oxygen atoms in total. The van der Waals surface area contributed by atoms with Gasteiger partial charge in [-0.3, -0.25) is 24.8 Å². The van der Waals surface area contributed by atoms with Crippen LogP contribution in [-0.2, 0) is 6.61 Å². The third-order valence-electron chi connectivity index (χ3n) is 5.53. The highest BCUT2D eigenvalue weighted by molar-refractivity contribution is 9.10. The van der Waals surface area contributed by atoms with Gasteiger partial charge in [-0.25, -0.2) is 0 Å². The van der Waals surface area contributed by atoms with Gasteiger partial charge in [0.1, 0.15) is 29.2 Å². The molecule has 0 bridgehead atoms. The minimum atomic E-state index is -0.562. The third-order valence-corrected chi connectivity index (χ3v) is 7.33. The van der Waals surface area contributed by atoms with Crippen molar-refractivity contribution >= 4 is 33.4 Å². The SMILES string of the molecule is COc1ccc(-n2c(C)nnc2S[C@H](C[N+](=O)[O-])c2ccc(OCc3cccc([N+](=O)[O-])c3)c(Br)c2)cc1. The van der Waals surface area contributed by atoms with Crippen molar-refractivity contribution in [1.82, 2.24) is 14.8 Å². The fraction of sp³-hybridized carbons (Fsp3) is 0.200. The normalized spacial score (nSPS) is 11.7. The third kappa shape index (κ3) is 6.47. The van der Waals surface area contributed by atoms with Crippen LogP contribution in [0.25, 0.3) is 5.69 Å². The molecule has 0 aliphatic heterocycles. The molecular formula is C25H22BrN5O6S. The number of halogens is 1. The van der Waals surface area contributed by atoms with Gasteiger partial charge in [0.05, 0.1) is 16.5 Å². The largest absolute Gasteiger partial charge is 0.497 e. The zero-order chi connectivity index (χ0) is 27.2. The molecule has 0 N–H and O–H groups in total. The summed E-state index contributed by atoms with van der Waals surface area (Å²) < 4.78 is 13.5. The zero-order valence-corrected chi connectivity index (χ0v) is 22.7. The Bertz CT molecular complexity index is 1460. The van der Waals surface area contributed by atoms with Crippen molar-refractivity contribution < 1.29 is 19.3 Å². The molecule has 3 aromatic carbocycles. The Hall–Kier alpha value is -3.97. The summed E-state index contributed by atoms with van der Waals surface area (Å²) in [5, 5.41) is 31.0. The highest BCUT2D eigenvalue weighted by Gasteiger charge is 2.24. The predicted molar refractivity (Wildman–Crippen MR) is 145 cm³/mol. The smallest absolute Gasteiger partial charge is 0.269 e. The van der Waals surface area contributed by atoms with Gasteiger partial charge in [0.2, 0.25) is 6.54 Å². The Morgan fingerprint density at radius 1 is 1.05 bits per heavy atom. The second-order valence-corrected chi connectivity index (χ2v) is 10.1. The highest BCUT2D eigenvalue weighted by Crippen LogP contribution is 2.39. The lowest BCUT2D eigenvalue weighted by atomic mass is 10.1. The summed E-state index contributed by atoms with van der Waals surface area (Å²) in [7, 11) is 1.59. The average Bonchev–Trinajstić information content (AvgIpc) is 3.27. The average molecular weight is 600 g/mol. The van der Waals surface area contributed by atoms with Gasteiger partial charge in [0.25, 0.3) is 5.69 Å². The molecule has 13 heteroatoms. The van der Waals surface area contributed by atoms with Gasteiger partial charge in [-0.15, -0.1) is 10.2 Å². The van der Waals surface area contributed by atoms with Crippen molar-refractivity contribution in [1.29, 1.82) is 0 Å². The summed E-state index contributed by atoms with van der Waals surface area (Å²) in [4.78, 5) is 21.7. The fourth-order valence-electron chi connectivity index (χ4n) is 3.68. The Labute approximate surface area is 230 Å². The topological polar surface area (TPSA) is 135 Å². The van der Waals surface area contributed by atoms with Gasteiger partial charge in [0, 0.05) is 22.7 Å². The number of rotatable bonds is 11. The number of benzene rings is 3. The van der Waals surface area contributed by atoms with E-state index >= 15 is 0 Å². The monoisotopic (exact) mass is 599 g/mol. The molecule has 0 radical (unpaired) electrons. The van der Waals surface area contributed by atoms with Gasteiger partial charge >= 0.3 is 0 Å². The van der Waals surface area contributed by atoms with Gasteiger partial charge in [-0.1, -0.05) is 30.0 Å². The first-order valence-electron chi connectivity index (χ1n) is 11.3. The van der Waals surface area contributed by atoms with Gasteiger partial charge in [-0.2, -0.15) is 0 Å². The summed E-state index contributed by atoms with van der Waals surface area (Å²) in [6, 6.07) is 18.8. The molecule has 4 aromatic rings. The lowest BCUT2D eigenvalue weighted by Crippen LogP contribution is -2.11. The minimum absolute atomic E-state index is 0.0158. The van der Waals surface area contributed by atoms with E-state index in [-0.39, 0.29) is 23.8 Å². The first-order valence-corrected chi connectivity index (χ1v) is 12.9. The number of thioether (sulfide) groups is 1. The van der Waals surface area contributed by atoms with Crippen LogP contribution in [0.15, 0.2) is 76.4 Å². The van der Waals surface area contributed by atoms with E-state index in [0.717, 1.165) is 5.69 Å². The van der Waals surface area contributed by atoms with E-state index in [0.29, 0.717) is 38.1 Å². The van der Waals surface area contributed by atoms with E-state index in [1.807, 2.05) is 35.8 Å². The predicted octanol–water partition coefficient (Wildman–Crippen LogP) is 5.94. The number of methoxy groups -OCH3 is 1. The first kappa shape index (κ1) is 27.1. The van der Waals surface area contributed by atoms with Crippen LogP contribution in [-0.4, -0.2) is 38.3 Å². The van der Waals surface area contributed by atoms with Crippen LogP contribution < -0.4 is 9.47 Å². The lowest BCUT2D eigenvalue weighted by Gasteiger charge is -2.16. The van der Waals surface area contributed by atoms with Crippen molar-refractivity contribution in [2.45, 2.75) is 23.9 Å². The quantitative estimate of drug-likeness (QED) is 0.116. The number of hydrogen-bond donors (Lipinski definition) is 0. The zero-order valence-electron chi connectivity index (χ0n) is 20.3. The van der Waals surface area contributed by atoms with E-state index in [9.17, 15) is 20.2 Å². The molecule has 4 rings (SSSR count). The number of aromatic nitrogens is 3. The second-order valence-electron chi connectivity index (χ2n) is 8.09. The molecule has 0 amide bonds. The number of ether oxygens (including phenoxy) is 2. The van der Waals surface area contributed by atoms with Crippen LogP contribution in [0, 0.1) is 27.2 Å². The summed E-state index contributed by atoms with van der Waals surface area (Å²) in [6.07, 6.45) is 0. The molecular weight excluding hydrogens is 578 g/mol. The van der Waals surface area contributed by atoms with Crippen LogP contribution in [0.1, 0.15) is 22.2 Å². The van der Waals surface area contributed by atoms with E-state index in [1.165, 1.54) is 23.9 Å². The number of hydrogen-bond acceptors (Lipinski definition) is 9. The number of nitro groups is 2. The summed E-state index contributed by atoms with van der Waals surface area (Å²) in [5.74, 6) is 1.85. The van der Waals surface area contributed by atoms with Crippen LogP contribution in [0.3, 0.4) is 0 Å². The standard InChI is InChI=1S/C25H22BrN5O6S/c1-16-27-28-25(30(16)19-7-9-21(36-2)10-8-19)38-24(14-29(32)33)18-6-11-23(22(26)13-18)37-15-17-4-3-5-20(12-17)31(34)35/h3-13,24H,14-15H2,1-2H3/t24-/m1/s1. The van der Waals surface area contributed by atoms with Crippen molar-refractivity contribution in [2.75, 3.05) is 13.7 Å². The molecule has 1 aromatic heterocycles. The summed E-state index contributed by atoms with van der Waals surface area (Å²) in [5.41, 5.74) is 2.13. The maximum Gasteiger partial charge on any atom is 0.269 e. The van der Waals surface area contributed by atoms with Crippen LogP contribution in [0.4, 0.5) is 5.69 Å². The number of non-ortho nitro benzene ring substituents is 1. The van der Waals surface area contributed by atoms with Crippen molar-refractivity contribution in [3.8, 4) is 17.2 Å². The van der Waals surface area contributed by atoms with Crippen LogP contribution in [0.2, 0.25) is 0 Å². The van der Waals surface area contributed by atoms with Crippen molar-refractivity contribution in [2.24, 2.45) is 0 Å². The Balaban J connectivity index is 1.55. The van der Waals surface area contributed by atoms with Crippen molar-refractivity contribution in [3.63, 3.8) is 0 Å². The molecule has 0 spiro atoms. The molecule has 0 aliphatic carbocycles. The van der Waals surface area contributed by atoms with E-state index in [4.69, 9.17) is 9.47 Å². The molecule has 38 heavy (non-hydrogen) atoms. The molecule has 0 unspecified atom stereocenters. The maximum atomic E-state index is 11.5. The van der Waals surface area contributed by atoms with Crippen LogP contribution in [0.5, 0.6) is 11.5 Å². The molecule has 0 fully saturated rings. The van der Waals surface area contributed by atoms with Gasteiger partial charge < -0.3 is 9.47 Å². The molecule has 1 atom stereocenters. The Morgan fingerprint density at radius 2 is 1.82 bits per heavy atom. The maximum absolute atomic E-state index is 11.5. The van der Waals surface area contributed by atoms with E-state index < -0.39 is 10.2 Å². The van der Waals surface area contributed by atoms with E-state index in [1.54, 1.807) is 37.4 Å². The first-order chi connectivity index (χ1) is 18.2. The van der Waals surface area contributed by atoms with Gasteiger partial charge in [-0.05, 0) is 70.4 Å². The van der Waals surface area contributed by atoms with Crippen LogP contribution >= 0.6 is 27.7 Å². The summed E-state index contributed by atoms with van der Waals surface area (Å²) in [6.45, 7) is 1.60. The highest BCUT2D eigenvalue weighted by atomic mass is 79.9. The molecule has 0 saturated carbocycles.